The topological polar surface area (TPSA) is 41.1 Å². The number of halogens is 1. The van der Waals surface area contributed by atoms with Gasteiger partial charge in [-0.3, -0.25) is 4.79 Å². The fraction of sp³-hybridized carbons (Fsp3) is 0.235. The average Bonchev–Trinajstić information content (AvgIpc) is 2.49. The highest BCUT2D eigenvalue weighted by atomic mass is 19.1. The van der Waals surface area contributed by atoms with E-state index in [-0.39, 0.29) is 17.8 Å². The third kappa shape index (κ3) is 4.13. The van der Waals surface area contributed by atoms with Gasteiger partial charge < -0.3 is 10.6 Å². The van der Waals surface area contributed by atoms with Gasteiger partial charge in [0.05, 0.1) is 0 Å². The van der Waals surface area contributed by atoms with Crippen LogP contribution in [0.5, 0.6) is 0 Å². The van der Waals surface area contributed by atoms with Crippen LogP contribution in [-0.4, -0.2) is 12.5 Å². The molecule has 0 heterocycles. The van der Waals surface area contributed by atoms with E-state index in [9.17, 15) is 9.18 Å². The largest absolute Gasteiger partial charge is 0.322 e. The minimum Gasteiger partial charge on any atom is -0.322 e. The summed E-state index contributed by atoms with van der Waals surface area (Å²) in [4.78, 5) is 12.0. The fourth-order valence-corrected chi connectivity index (χ4v) is 2.08. The molecule has 1 amide bonds. The van der Waals surface area contributed by atoms with Crippen molar-refractivity contribution in [1.82, 2.24) is 5.32 Å². The van der Waals surface area contributed by atoms with E-state index >= 15 is 0 Å². The quantitative estimate of drug-likeness (QED) is 0.879. The van der Waals surface area contributed by atoms with Crippen molar-refractivity contribution in [1.29, 1.82) is 0 Å². The van der Waals surface area contributed by atoms with Crippen LogP contribution in [0.2, 0.25) is 0 Å². The fourth-order valence-electron chi connectivity index (χ4n) is 2.08. The van der Waals surface area contributed by atoms with Crippen LogP contribution in [0.1, 0.15) is 35.8 Å². The van der Waals surface area contributed by atoms with Gasteiger partial charge in [0, 0.05) is 17.3 Å². The molecule has 1 atom stereocenters. The van der Waals surface area contributed by atoms with Crippen molar-refractivity contribution in [3.63, 3.8) is 0 Å². The van der Waals surface area contributed by atoms with E-state index in [4.69, 9.17) is 0 Å². The number of carbonyl (C=O) groups excluding carboxylic acids is 1. The van der Waals surface area contributed by atoms with Gasteiger partial charge in [-0.05, 0) is 55.4 Å². The summed E-state index contributed by atoms with van der Waals surface area (Å²) in [5, 5.41) is 6.12. The van der Waals surface area contributed by atoms with Crippen LogP contribution >= 0.6 is 0 Å². The van der Waals surface area contributed by atoms with Gasteiger partial charge in [0.2, 0.25) is 0 Å². The number of benzene rings is 2. The highest BCUT2D eigenvalue weighted by molar-refractivity contribution is 6.04. The van der Waals surface area contributed by atoms with Crippen LogP contribution in [0.3, 0.4) is 0 Å². The Labute approximate surface area is 124 Å². The van der Waals surface area contributed by atoms with Gasteiger partial charge in [0.25, 0.3) is 5.91 Å². The van der Waals surface area contributed by atoms with Crippen molar-refractivity contribution in [3.05, 3.63) is 65.5 Å². The van der Waals surface area contributed by atoms with Crippen LogP contribution in [0.25, 0.3) is 0 Å². The number of nitrogens with one attached hydrogen (secondary N) is 2. The molecule has 0 aliphatic rings. The number of carbonyl (C=O) groups is 1. The Balaban J connectivity index is 2.03. The van der Waals surface area contributed by atoms with Gasteiger partial charge in [-0.1, -0.05) is 19.1 Å². The van der Waals surface area contributed by atoms with Crippen LogP contribution in [0.15, 0.2) is 48.5 Å². The highest BCUT2D eigenvalue weighted by Crippen LogP contribution is 2.16. The van der Waals surface area contributed by atoms with E-state index in [0.717, 1.165) is 17.8 Å². The molecule has 1 unspecified atom stereocenters. The molecule has 0 aliphatic heterocycles. The lowest BCUT2D eigenvalue weighted by molar-refractivity contribution is 0.102. The number of hydrogen-bond acceptors (Lipinski definition) is 2. The number of hydrogen-bond donors (Lipinski definition) is 2. The summed E-state index contributed by atoms with van der Waals surface area (Å²) < 4.78 is 12.8. The predicted molar refractivity (Wildman–Crippen MR) is 82.9 cm³/mol. The van der Waals surface area contributed by atoms with Crippen molar-refractivity contribution in [2.75, 3.05) is 11.9 Å². The molecule has 0 aromatic heterocycles. The SMILES string of the molecule is CCNC(C)c1ccc(NC(=O)c2ccc(F)cc2)cc1. The summed E-state index contributed by atoms with van der Waals surface area (Å²) in [6, 6.07) is 13.4. The molecule has 2 aromatic rings. The lowest BCUT2D eigenvalue weighted by Crippen LogP contribution is -2.17. The Morgan fingerprint density at radius 3 is 2.29 bits per heavy atom. The van der Waals surface area contributed by atoms with Crippen molar-refractivity contribution >= 4 is 11.6 Å². The lowest BCUT2D eigenvalue weighted by Gasteiger charge is -2.13. The zero-order valence-corrected chi connectivity index (χ0v) is 12.2. The van der Waals surface area contributed by atoms with Gasteiger partial charge in [-0.25, -0.2) is 4.39 Å². The zero-order chi connectivity index (χ0) is 15.2. The summed E-state index contributed by atoms with van der Waals surface area (Å²) in [5.74, 6) is -0.601. The van der Waals surface area contributed by atoms with Crippen molar-refractivity contribution in [2.24, 2.45) is 0 Å². The molecule has 4 heteroatoms. The standard InChI is InChI=1S/C17H19FN2O/c1-3-19-12(2)13-6-10-16(11-7-13)20-17(21)14-4-8-15(18)9-5-14/h4-12,19H,3H2,1-2H3,(H,20,21). The van der Waals surface area contributed by atoms with Crippen molar-refractivity contribution < 1.29 is 9.18 Å². The summed E-state index contributed by atoms with van der Waals surface area (Å²) in [6.07, 6.45) is 0. The molecule has 0 saturated heterocycles. The second-order valence-electron chi connectivity index (χ2n) is 4.86. The molecule has 21 heavy (non-hydrogen) atoms. The smallest absolute Gasteiger partial charge is 0.255 e. The van der Waals surface area contributed by atoms with Gasteiger partial charge in [-0.15, -0.1) is 0 Å². The lowest BCUT2D eigenvalue weighted by atomic mass is 10.1. The van der Waals surface area contributed by atoms with Crippen LogP contribution in [-0.2, 0) is 0 Å². The maximum atomic E-state index is 12.8. The molecule has 0 bridgehead atoms. The molecule has 3 nitrogen and oxygen atoms in total. The van der Waals surface area contributed by atoms with Gasteiger partial charge in [0.15, 0.2) is 0 Å². The second-order valence-corrected chi connectivity index (χ2v) is 4.86. The summed E-state index contributed by atoms with van der Waals surface area (Å²) in [7, 11) is 0. The molecule has 2 rings (SSSR count). The summed E-state index contributed by atoms with van der Waals surface area (Å²) in [5.41, 5.74) is 2.31. The zero-order valence-electron chi connectivity index (χ0n) is 12.2. The van der Waals surface area contributed by atoms with E-state index in [0.29, 0.717) is 5.56 Å². The van der Waals surface area contributed by atoms with Gasteiger partial charge in [-0.2, -0.15) is 0 Å². The van der Waals surface area contributed by atoms with Crippen LogP contribution < -0.4 is 10.6 Å². The molecule has 0 fully saturated rings. The molecular formula is C17H19FN2O. The maximum absolute atomic E-state index is 12.8. The molecule has 0 saturated carbocycles. The van der Waals surface area contributed by atoms with Crippen molar-refractivity contribution in [2.45, 2.75) is 19.9 Å². The minimum absolute atomic E-state index is 0.248. The third-order valence-corrected chi connectivity index (χ3v) is 3.29. The Morgan fingerprint density at radius 2 is 1.71 bits per heavy atom. The van der Waals surface area contributed by atoms with E-state index in [1.165, 1.54) is 24.3 Å². The number of anilines is 1. The molecule has 110 valence electrons. The molecule has 2 aromatic carbocycles. The Kier molecular flexibility index (Phi) is 5.06. The van der Waals surface area contributed by atoms with Crippen LogP contribution in [0, 0.1) is 5.82 Å². The first-order valence-corrected chi connectivity index (χ1v) is 7.00. The first-order chi connectivity index (χ1) is 10.1. The molecule has 0 spiro atoms. The van der Waals surface area contributed by atoms with Crippen LogP contribution in [0.4, 0.5) is 10.1 Å². The third-order valence-electron chi connectivity index (χ3n) is 3.29. The average molecular weight is 286 g/mol. The minimum atomic E-state index is -0.353. The molecule has 2 N–H and O–H groups in total. The summed E-state index contributed by atoms with van der Waals surface area (Å²) in [6.45, 7) is 5.06. The Morgan fingerprint density at radius 1 is 1.10 bits per heavy atom. The number of amides is 1. The monoisotopic (exact) mass is 286 g/mol. The van der Waals surface area contributed by atoms with Gasteiger partial charge in [0.1, 0.15) is 5.82 Å². The normalized spacial score (nSPS) is 12.0. The van der Waals surface area contributed by atoms with E-state index in [1.54, 1.807) is 0 Å². The highest BCUT2D eigenvalue weighted by Gasteiger charge is 2.07. The first kappa shape index (κ1) is 15.2. The first-order valence-electron chi connectivity index (χ1n) is 7.00. The summed E-state index contributed by atoms with van der Waals surface area (Å²) >= 11 is 0. The van der Waals surface area contributed by atoms with E-state index in [2.05, 4.69) is 24.5 Å². The Hall–Kier alpha value is -2.20. The predicted octanol–water partition coefficient (Wildman–Crippen LogP) is 3.75. The molecular weight excluding hydrogens is 267 g/mol. The maximum Gasteiger partial charge on any atom is 0.255 e. The van der Waals surface area contributed by atoms with E-state index in [1.807, 2.05) is 24.3 Å². The van der Waals surface area contributed by atoms with Crippen molar-refractivity contribution in [3.8, 4) is 0 Å². The molecule has 0 aliphatic carbocycles. The van der Waals surface area contributed by atoms with E-state index < -0.39 is 0 Å². The number of rotatable bonds is 5. The van der Waals surface area contributed by atoms with Gasteiger partial charge >= 0.3 is 0 Å². The molecule has 0 radical (unpaired) electrons. The Bertz CT molecular complexity index is 593. The second kappa shape index (κ2) is 6.99.